The lowest BCUT2D eigenvalue weighted by molar-refractivity contribution is -0.132. The van der Waals surface area contributed by atoms with Crippen LogP contribution >= 0.6 is 11.6 Å². The number of nitrogens with two attached hydrogens (primary N) is 1. The number of hydrogen-bond donors (Lipinski definition) is 2. The average Bonchev–Trinajstić information content (AvgIpc) is 3.07. The summed E-state index contributed by atoms with van der Waals surface area (Å²) >= 11 is 6.15. The molecule has 6 nitrogen and oxygen atoms in total. The Kier molecular flexibility index (Phi) is 4.53. The summed E-state index contributed by atoms with van der Waals surface area (Å²) in [4.78, 5) is 26.6. The van der Waals surface area contributed by atoms with Crippen molar-refractivity contribution in [1.82, 2.24) is 4.90 Å². The summed E-state index contributed by atoms with van der Waals surface area (Å²) in [6.45, 7) is 0.746. The average molecular weight is 386 g/mol. The van der Waals surface area contributed by atoms with Gasteiger partial charge in [-0.25, -0.2) is 4.79 Å². The highest BCUT2D eigenvalue weighted by atomic mass is 35.5. The highest BCUT2D eigenvalue weighted by Crippen LogP contribution is 2.43. The van der Waals surface area contributed by atoms with Gasteiger partial charge in [0.2, 0.25) is 5.91 Å². The molecule has 140 valence electrons. The van der Waals surface area contributed by atoms with Crippen LogP contribution in [0.15, 0.2) is 48.5 Å². The first-order chi connectivity index (χ1) is 13.0. The molecule has 0 aromatic heterocycles. The van der Waals surface area contributed by atoms with Crippen LogP contribution < -0.4 is 11.1 Å². The number of carbonyl (C=O) groups is 2. The molecule has 2 aromatic carbocycles. The molecule has 1 saturated heterocycles. The Labute approximate surface area is 162 Å². The number of anilines is 1. The number of likely N-dealkylation sites (tertiary alicyclic amines) is 1. The zero-order chi connectivity index (χ0) is 19.0. The van der Waals surface area contributed by atoms with E-state index in [1.807, 2.05) is 30.3 Å². The maximum absolute atomic E-state index is 12.9. The maximum Gasteiger partial charge on any atom is 0.412 e. The second-order valence-corrected chi connectivity index (χ2v) is 7.44. The van der Waals surface area contributed by atoms with Gasteiger partial charge in [0, 0.05) is 23.6 Å². The van der Waals surface area contributed by atoms with Crippen LogP contribution in [0.2, 0.25) is 5.02 Å². The van der Waals surface area contributed by atoms with Crippen molar-refractivity contribution in [3.8, 4) is 0 Å². The van der Waals surface area contributed by atoms with Crippen LogP contribution in [0.3, 0.4) is 0 Å². The number of benzene rings is 2. The summed E-state index contributed by atoms with van der Waals surface area (Å²) in [7, 11) is 0. The van der Waals surface area contributed by atoms with E-state index in [4.69, 9.17) is 22.1 Å². The first kappa shape index (κ1) is 17.8. The molecular weight excluding hydrogens is 366 g/mol. The SMILES string of the molecule is N[C@H](Cc1ccccc1)C(=O)N1CCC2(C1)OC(=O)Nc1ccc(Cl)cc12. The number of carbonyl (C=O) groups excluding carboxylic acids is 2. The number of hydrogen-bond acceptors (Lipinski definition) is 4. The fourth-order valence-electron chi connectivity index (χ4n) is 3.83. The molecule has 4 rings (SSSR count). The molecule has 2 heterocycles. The van der Waals surface area contributed by atoms with Gasteiger partial charge in [-0.3, -0.25) is 10.1 Å². The van der Waals surface area contributed by atoms with Crippen LogP contribution in [-0.2, 0) is 21.6 Å². The Balaban J connectivity index is 1.54. The lowest BCUT2D eigenvalue weighted by Crippen LogP contribution is -2.47. The molecule has 0 radical (unpaired) electrons. The number of nitrogens with one attached hydrogen (secondary N) is 1. The van der Waals surface area contributed by atoms with E-state index in [9.17, 15) is 9.59 Å². The molecule has 1 spiro atoms. The van der Waals surface area contributed by atoms with Crippen LogP contribution in [0, 0.1) is 0 Å². The Morgan fingerprint density at radius 1 is 1.30 bits per heavy atom. The van der Waals surface area contributed by atoms with E-state index in [-0.39, 0.29) is 12.5 Å². The highest BCUT2D eigenvalue weighted by molar-refractivity contribution is 6.30. The summed E-state index contributed by atoms with van der Waals surface area (Å²) in [5, 5.41) is 3.24. The molecule has 2 aliphatic rings. The van der Waals surface area contributed by atoms with Crippen molar-refractivity contribution in [3.05, 3.63) is 64.7 Å². The van der Waals surface area contributed by atoms with E-state index >= 15 is 0 Å². The Morgan fingerprint density at radius 3 is 2.85 bits per heavy atom. The van der Waals surface area contributed by atoms with E-state index in [0.29, 0.717) is 30.1 Å². The van der Waals surface area contributed by atoms with Gasteiger partial charge in [-0.2, -0.15) is 0 Å². The van der Waals surface area contributed by atoms with Gasteiger partial charge in [0.1, 0.15) is 0 Å². The monoisotopic (exact) mass is 385 g/mol. The van der Waals surface area contributed by atoms with Crippen molar-refractivity contribution in [3.63, 3.8) is 0 Å². The zero-order valence-electron chi connectivity index (χ0n) is 14.7. The largest absolute Gasteiger partial charge is 0.436 e. The first-order valence-corrected chi connectivity index (χ1v) is 9.23. The van der Waals surface area contributed by atoms with Gasteiger partial charge in [0.15, 0.2) is 5.60 Å². The van der Waals surface area contributed by atoms with Crippen LogP contribution in [0.5, 0.6) is 0 Å². The van der Waals surface area contributed by atoms with Crippen LogP contribution in [0.25, 0.3) is 0 Å². The Bertz CT molecular complexity index is 889. The number of halogens is 1. The normalized spacial score (nSPS) is 22.1. The number of fused-ring (bicyclic) bond motifs is 2. The van der Waals surface area contributed by atoms with Crippen LogP contribution in [0.4, 0.5) is 10.5 Å². The second-order valence-electron chi connectivity index (χ2n) is 7.00. The number of amides is 2. The van der Waals surface area contributed by atoms with Crippen LogP contribution in [-0.4, -0.2) is 36.0 Å². The van der Waals surface area contributed by atoms with Gasteiger partial charge in [-0.15, -0.1) is 0 Å². The highest BCUT2D eigenvalue weighted by Gasteiger charge is 2.49. The standard InChI is InChI=1S/C20H20ClN3O3/c21-14-6-7-17-15(11-14)20(27-19(26)23-17)8-9-24(12-20)18(25)16(22)10-13-4-2-1-3-5-13/h1-7,11,16H,8-10,12,22H2,(H,23,26)/t16-,20?/m1/s1. The van der Waals surface area contributed by atoms with Crippen molar-refractivity contribution >= 4 is 29.3 Å². The molecular formula is C20H20ClN3O3. The van der Waals surface area contributed by atoms with Crippen molar-refractivity contribution in [2.24, 2.45) is 5.73 Å². The third-order valence-electron chi connectivity index (χ3n) is 5.16. The lowest BCUT2D eigenvalue weighted by Gasteiger charge is -2.35. The van der Waals surface area contributed by atoms with Crippen molar-refractivity contribution in [2.75, 3.05) is 18.4 Å². The van der Waals surface area contributed by atoms with Gasteiger partial charge in [0.05, 0.1) is 18.3 Å². The minimum Gasteiger partial charge on any atom is -0.436 e. The third-order valence-corrected chi connectivity index (χ3v) is 5.39. The third kappa shape index (κ3) is 3.38. The summed E-state index contributed by atoms with van der Waals surface area (Å²) in [6.07, 6.45) is 0.456. The van der Waals surface area contributed by atoms with Gasteiger partial charge >= 0.3 is 6.09 Å². The summed E-state index contributed by atoms with van der Waals surface area (Å²) in [5.74, 6) is -0.145. The summed E-state index contributed by atoms with van der Waals surface area (Å²) in [6, 6.07) is 14.3. The molecule has 0 aliphatic carbocycles. The summed E-state index contributed by atoms with van der Waals surface area (Å²) < 4.78 is 5.65. The van der Waals surface area contributed by atoms with E-state index in [2.05, 4.69) is 5.32 Å². The lowest BCUT2D eigenvalue weighted by atomic mass is 9.90. The first-order valence-electron chi connectivity index (χ1n) is 8.85. The molecule has 2 atom stereocenters. The molecule has 1 fully saturated rings. The molecule has 0 bridgehead atoms. The Hall–Kier alpha value is -2.57. The van der Waals surface area contributed by atoms with Crippen molar-refractivity contribution in [1.29, 1.82) is 0 Å². The topological polar surface area (TPSA) is 84.7 Å². The van der Waals surface area contributed by atoms with E-state index in [1.54, 1.807) is 23.1 Å². The van der Waals surface area contributed by atoms with Gasteiger partial charge in [-0.1, -0.05) is 41.9 Å². The molecule has 27 heavy (non-hydrogen) atoms. The number of ether oxygens (including phenoxy) is 1. The van der Waals surface area contributed by atoms with E-state index in [0.717, 1.165) is 11.1 Å². The number of nitrogens with zero attached hydrogens (tertiary/aromatic N) is 1. The molecule has 2 amide bonds. The fourth-order valence-corrected chi connectivity index (χ4v) is 4.01. The Morgan fingerprint density at radius 2 is 2.07 bits per heavy atom. The number of rotatable bonds is 3. The molecule has 7 heteroatoms. The molecule has 2 aromatic rings. The predicted octanol–water partition coefficient (Wildman–Crippen LogP) is 2.90. The molecule has 1 unspecified atom stereocenters. The maximum atomic E-state index is 12.9. The minimum atomic E-state index is -0.884. The van der Waals surface area contributed by atoms with Crippen molar-refractivity contribution in [2.45, 2.75) is 24.5 Å². The predicted molar refractivity (Wildman–Crippen MR) is 103 cm³/mol. The molecule has 0 saturated carbocycles. The fraction of sp³-hybridized carbons (Fsp3) is 0.300. The molecule has 2 aliphatic heterocycles. The minimum absolute atomic E-state index is 0.145. The smallest absolute Gasteiger partial charge is 0.412 e. The van der Waals surface area contributed by atoms with Gasteiger partial charge in [0.25, 0.3) is 0 Å². The van der Waals surface area contributed by atoms with E-state index < -0.39 is 17.7 Å². The van der Waals surface area contributed by atoms with Gasteiger partial charge in [-0.05, 0) is 30.2 Å². The zero-order valence-corrected chi connectivity index (χ0v) is 15.4. The van der Waals surface area contributed by atoms with Gasteiger partial charge < -0.3 is 15.4 Å². The van der Waals surface area contributed by atoms with Crippen LogP contribution in [0.1, 0.15) is 17.5 Å². The quantitative estimate of drug-likeness (QED) is 0.850. The summed E-state index contributed by atoms with van der Waals surface area (Å²) in [5.41, 5.74) is 7.75. The van der Waals surface area contributed by atoms with Crippen molar-refractivity contribution < 1.29 is 14.3 Å². The molecule has 3 N–H and O–H groups in total. The van der Waals surface area contributed by atoms with E-state index in [1.165, 1.54) is 0 Å². The second kappa shape index (κ2) is 6.87.